The molecule has 0 radical (unpaired) electrons. The molecule has 120 valence electrons. The highest BCUT2D eigenvalue weighted by Crippen LogP contribution is 2.36. The van der Waals surface area contributed by atoms with Crippen molar-refractivity contribution in [2.75, 3.05) is 0 Å². The number of aliphatic hydroxyl groups is 1. The van der Waals surface area contributed by atoms with Gasteiger partial charge in [0.25, 0.3) is 0 Å². The summed E-state index contributed by atoms with van der Waals surface area (Å²) in [6.07, 6.45) is -1.87. The molecule has 1 aromatic rings. The van der Waals surface area contributed by atoms with Crippen LogP contribution in [0.4, 0.5) is 10.5 Å². The summed E-state index contributed by atoms with van der Waals surface area (Å²) in [7, 11) is 0. The lowest BCUT2D eigenvalue weighted by atomic mass is 10.1. The zero-order valence-electron chi connectivity index (χ0n) is 12.0. The number of halogens is 1. The van der Waals surface area contributed by atoms with Crippen LogP contribution < -0.4 is 4.74 Å². The smallest absolute Gasteiger partial charge is 0.409 e. The van der Waals surface area contributed by atoms with E-state index in [1.807, 2.05) is 0 Å². The van der Waals surface area contributed by atoms with Crippen molar-refractivity contribution >= 4 is 28.7 Å². The van der Waals surface area contributed by atoms with Gasteiger partial charge in [0.05, 0.1) is 4.92 Å². The number of nitro benzene ring substituents is 1. The van der Waals surface area contributed by atoms with E-state index in [0.717, 1.165) is 6.07 Å². The van der Waals surface area contributed by atoms with Crippen molar-refractivity contribution in [2.24, 2.45) is 0 Å². The Morgan fingerprint density at radius 2 is 1.95 bits per heavy atom. The third kappa shape index (κ3) is 4.68. The molecule has 0 bridgehead atoms. The first kappa shape index (κ1) is 17.9. The van der Waals surface area contributed by atoms with Gasteiger partial charge < -0.3 is 14.6 Å². The van der Waals surface area contributed by atoms with E-state index in [9.17, 15) is 24.8 Å². The Hall–Kier alpha value is -2.19. The molecule has 0 saturated heterocycles. The summed E-state index contributed by atoms with van der Waals surface area (Å²) in [5.74, 6) is -1.65. The van der Waals surface area contributed by atoms with Crippen molar-refractivity contribution in [1.82, 2.24) is 0 Å². The Bertz CT molecular complexity index is 609. The molecule has 9 heteroatoms. The van der Waals surface area contributed by atoms with Crippen LogP contribution in [0.3, 0.4) is 0 Å². The van der Waals surface area contributed by atoms with Crippen LogP contribution in [0.5, 0.6) is 5.75 Å². The fourth-order valence-corrected chi connectivity index (χ4v) is 1.65. The molecule has 1 unspecified atom stereocenters. The maximum absolute atomic E-state index is 11.9. The van der Waals surface area contributed by atoms with Crippen LogP contribution in [-0.4, -0.2) is 27.0 Å². The van der Waals surface area contributed by atoms with Crippen LogP contribution >= 0.6 is 11.6 Å². The van der Waals surface area contributed by atoms with Crippen LogP contribution in [0.25, 0.3) is 0 Å². The first-order valence-corrected chi connectivity index (χ1v) is 6.46. The molecule has 1 N–H and O–H groups in total. The molecule has 0 amide bonds. The molecule has 0 aliphatic carbocycles. The van der Waals surface area contributed by atoms with Gasteiger partial charge in [0, 0.05) is 23.2 Å². The molecular formula is C13H14ClNO7. The van der Waals surface area contributed by atoms with E-state index in [2.05, 4.69) is 4.74 Å². The molecule has 0 saturated carbocycles. The van der Waals surface area contributed by atoms with Crippen LogP contribution in [-0.2, 0) is 9.53 Å². The van der Waals surface area contributed by atoms with Crippen molar-refractivity contribution < 1.29 is 29.1 Å². The molecular weight excluding hydrogens is 318 g/mol. The summed E-state index contributed by atoms with van der Waals surface area (Å²) in [5.41, 5.74) is -3.12. The number of hydrogen-bond donors (Lipinski definition) is 1. The minimum absolute atomic E-state index is 0.294. The maximum Gasteiger partial charge on any atom is 0.409 e. The molecule has 1 aromatic carbocycles. The number of hydrogen-bond acceptors (Lipinski definition) is 7. The number of para-hydroxylation sites is 1. The molecule has 8 nitrogen and oxygen atoms in total. The van der Waals surface area contributed by atoms with E-state index in [1.54, 1.807) is 20.8 Å². The maximum atomic E-state index is 11.9. The Morgan fingerprint density at radius 3 is 2.41 bits per heavy atom. The summed E-state index contributed by atoms with van der Waals surface area (Å²) in [6, 6.07) is 3.46. The Morgan fingerprint density at radius 1 is 1.36 bits per heavy atom. The second-order valence-corrected chi connectivity index (χ2v) is 5.54. The second-order valence-electron chi connectivity index (χ2n) is 5.23. The number of carbonyl (C=O) groups is 2. The van der Waals surface area contributed by atoms with E-state index in [1.165, 1.54) is 12.1 Å². The van der Waals surface area contributed by atoms with E-state index >= 15 is 0 Å². The lowest BCUT2D eigenvalue weighted by Crippen LogP contribution is -2.28. The van der Waals surface area contributed by atoms with Gasteiger partial charge in [-0.2, -0.15) is 0 Å². The number of carbonyl (C=O) groups excluding carboxylic acids is 2. The van der Waals surface area contributed by atoms with Gasteiger partial charge in [-0.05, 0) is 20.8 Å². The summed E-state index contributed by atoms with van der Waals surface area (Å²) < 4.78 is 9.54. The molecule has 0 aliphatic heterocycles. The lowest BCUT2D eigenvalue weighted by Gasteiger charge is -2.22. The van der Waals surface area contributed by atoms with Crippen molar-refractivity contribution in [3.05, 3.63) is 33.9 Å². The van der Waals surface area contributed by atoms with Gasteiger partial charge >= 0.3 is 17.1 Å². The van der Waals surface area contributed by atoms with E-state index in [-0.39, 0.29) is 5.56 Å². The molecule has 0 aromatic heterocycles. The molecule has 0 spiro atoms. The number of aliphatic hydroxyl groups excluding tert-OH is 1. The Balaban J connectivity index is 3.28. The Labute approximate surface area is 130 Å². The highest BCUT2D eigenvalue weighted by Gasteiger charge is 2.31. The third-order valence-electron chi connectivity index (χ3n) is 2.33. The molecule has 0 heterocycles. The first-order valence-electron chi connectivity index (χ1n) is 6.08. The average Bonchev–Trinajstić information content (AvgIpc) is 2.35. The molecule has 0 fully saturated rings. The van der Waals surface area contributed by atoms with E-state index < -0.39 is 39.5 Å². The van der Waals surface area contributed by atoms with Gasteiger partial charge in [-0.25, -0.2) is 9.59 Å². The Kier molecular flexibility index (Phi) is 5.45. The largest absolute Gasteiger partial charge is 0.458 e. The zero-order valence-corrected chi connectivity index (χ0v) is 12.8. The summed E-state index contributed by atoms with van der Waals surface area (Å²) in [5, 5.41) is 21.0. The van der Waals surface area contributed by atoms with Gasteiger partial charge in [-0.3, -0.25) is 10.1 Å². The predicted molar refractivity (Wildman–Crippen MR) is 75.8 cm³/mol. The fraction of sp³-hybridized carbons (Fsp3) is 0.385. The SMILES string of the molecule is CC(C)(C)OC(=O)C(O)c1cccc([N+](=O)[O-])c1OC(=O)Cl. The van der Waals surface area contributed by atoms with Gasteiger partial charge in [-0.1, -0.05) is 12.1 Å². The lowest BCUT2D eigenvalue weighted by molar-refractivity contribution is -0.385. The zero-order chi connectivity index (χ0) is 17.1. The fourth-order valence-electron chi connectivity index (χ4n) is 1.58. The summed E-state index contributed by atoms with van der Waals surface area (Å²) >= 11 is 5.07. The molecule has 22 heavy (non-hydrogen) atoms. The highest BCUT2D eigenvalue weighted by atomic mass is 35.5. The number of nitro groups is 1. The molecule has 0 aliphatic rings. The molecule has 1 atom stereocenters. The predicted octanol–water partition coefficient (Wildman–Crippen LogP) is 2.71. The van der Waals surface area contributed by atoms with Crippen LogP contribution in [0.15, 0.2) is 18.2 Å². The first-order chi connectivity index (χ1) is 10.0. The quantitative estimate of drug-likeness (QED) is 0.390. The normalized spacial score (nSPS) is 12.4. The van der Waals surface area contributed by atoms with Crippen molar-refractivity contribution in [3.63, 3.8) is 0 Å². The third-order valence-corrected chi connectivity index (χ3v) is 2.41. The number of benzene rings is 1. The van der Waals surface area contributed by atoms with Crippen molar-refractivity contribution in [2.45, 2.75) is 32.5 Å². The minimum atomic E-state index is -1.87. The van der Waals surface area contributed by atoms with Gasteiger partial charge in [0.1, 0.15) is 5.60 Å². The van der Waals surface area contributed by atoms with Crippen molar-refractivity contribution in [1.29, 1.82) is 0 Å². The monoisotopic (exact) mass is 331 g/mol. The standard InChI is InChI=1S/C13H14ClNO7/c1-13(2,3)22-11(17)9(16)7-5-4-6-8(15(19)20)10(7)21-12(14)18/h4-6,9,16H,1-3H3. The topological polar surface area (TPSA) is 116 Å². The highest BCUT2D eigenvalue weighted by molar-refractivity contribution is 6.61. The number of ether oxygens (including phenoxy) is 2. The second kappa shape index (κ2) is 6.71. The summed E-state index contributed by atoms with van der Waals surface area (Å²) in [6.45, 7) is 4.76. The number of esters is 1. The van der Waals surface area contributed by atoms with E-state index in [0.29, 0.717) is 0 Å². The van der Waals surface area contributed by atoms with Crippen molar-refractivity contribution in [3.8, 4) is 5.75 Å². The number of rotatable bonds is 4. The van der Waals surface area contributed by atoms with Gasteiger partial charge in [-0.15, -0.1) is 0 Å². The van der Waals surface area contributed by atoms with Crippen LogP contribution in [0.1, 0.15) is 32.4 Å². The van der Waals surface area contributed by atoms with Crippen LogP contribution in [0, 0.1) is 10.1 Å². The summed E-state index contributed by atoms with van der Waals surface area (Å²) in [4.78, 5) is 32.9. The average molecular weight is 332 g/mol. The van der Waals surface area contributed by atoms with Gasteiger partial charge in [0.2, 0.25) is 5.75 Å². The van der Waals surface area contributed by atoms with Gasteiger partial charge in [0.15, 0.2) is 6.10 Å². The minimum Gasteiger partial charge on any atom is -0.458 e. The number of nitrogens with zero attached hydrogens (tertiary/aromatic N) is 1. The molecule has 1 rings (SSSR count). The van der Waals surface area contributed by atoms with Crippen LogP contribution in [0.2, 0.25) is 0 Å². The van der Waals surface area contributed by atoms with E-state index in [4.69, 9.17) is 16.3 Å².